The van der Waals surface area contributed by atoms with Crippen molar-refractivity contribution in [3.8, 4) is 5.75 Å². The highest BCUT2D eigenvalue weighted by molar-refractivity contribution is 8.21. The quantitative estimate of drug-likeness (QED) is 0.725. The maximum Gasteiger partial charge on any atom is 0.153 e. The van der Waals surface area contributed by atoms with Crippen molar-refractivity contribution in [2.45, 2.75) is 4.90 Å². The van der Waals surface area contributed by atoms with Crippen LogP contribution in [0.25, 0.3) is 0 Å². The summed E-state index contributed by atoms with van der Waals surface area (Å²) >= 11 is 0. The van der Waals surface area contributed by atoms with Crippen LogP contribution in [0, 0.1) is 0 Å². The van der Waals surface area contributed by atoms with Gasteiger partial charge in [0.2, 0.25) is 0 Å². The van der Waals surface area contributed by atoms with Gasteiger partial charge in [0.25, 0.3) is 0 Å². The maximum absolute atomic E-state index is 10.3. The van der Waals surface area contributed by atoms with Gasteiger partial charge >= 0.3 is 0 Å². The Hall–Kier alpha value is -0.670. The molecule has 0 amide bonds. The standard InChI is InChI=1S/C7H5ClO2S/c8-11-6-1-2-7(10)5(3-6)4-9/h1-4,10H. The Balaban J connectivity index is 3.12. The smallest absolute Gasteiger partial charge is 0.153 e. The van der Waals surface area contributed by atoms with Gasteiger partial charge in [0.15, 0.2) is 6.29 Å². The number of carbonyl (C=O) groups is 1. The number of aromatic hydroxyl groups is 1. The van der Waals surface area contributed by atoms with Gasteiger partial charge in [0.1, 0.15) is 5.75 Å². The Morgan fingerprint density at radius 2 is 2.27 bits per heavy atom. The molecule has 0 unspecified atom stereocenters. The summed E-state index contributed by atoms with van der Waals surface area (Å²) in [5, 5.41) is 9.05. The third-order valence-electron chi connectivity index (χ3n) is 1.22. The topological polar surface area (TPSA) is 37.3 Å². The number of hydrogen-bond donors (Lipinski definition) is 1. The summed E-state index contributed by atoms with van der Waals surface area (Å²) in [4.78, 5) is 11.0. The van der Waals surface area contributed by atoms with Gasteiger partial charge in [-0.15, -0.1) is 0 Å². The summed E-state index contributed by atoms with van der Waals surface area (Å²) in [6.45, 7) is 0. The lowest BCUT2D eigenvalue weighted by Gasteiger charge is -1.97. The van der Waals surface area contributed by atoms with E-state index >= 15 is 0 Å². The summed E-state index contributed by atoms with van der Waals surface area (Å²) in [6, 6.07) is 4.61. The molecule has 0 heterocycles. The summed E-state index contributed by atoms with van der Waals surface area (Å²) in [5.41, 5.74) is 0.260. The summed E-state index contributed by atoms with van der Waals surface area (Å²) < 4.78 is 0. The molecular weight excluding hydrogens is 184 g/mol. The van der Waals surface area contributed by atoms with Gasteiger partial charge in [0.05, 0.1) is 5.56 Å². The number of carbonyl (C=O) groups excluding carboxylic acids is 1. The molecule has 11 heavy (non-hydrogen) atoms. The van der Waals surface area contributed by atoms with E-state index in [-0.39, 0.29) is 11.3 Å². The number of benzene rings is 1. The third kappa shape index (κ3) is 1.88. The predicted octanol–water partition coefficient (Wildman–Crippen LogP) is 2.45. The molecule has 1 rings (SSSR count). The minimum absolute atomic E-state index is 0.0190. The molecule has 1 aromatic rings. The monoisotopic (exact) mass is 188 g/mol. The highest BCUT2D eigenvalue weighted by atomic mass is 35.7. The first-order valence-electron chi connectivity index (χ1n) is 2.84. The van der Waals surface area contributed by atoms with Crippen molar-refractivity contribution in [2.24, 2.45) is 0 Å². The van der Waals surface area contributed by atoms with Crippen molar-refractivity contribution in [3.05, 3.63) is 23.8 Å². The molecule has 0 saturated heterocycles. The summed E-state index contributed by atoms with van der Waals surface area (Å²) in [5.74, 6) is -0.0190. The molecule has 0 aliphatic carbocycles. The Morgan fingerprint density at radius 3 is 2.82 bits per heavy atom. The van der Waals surface area contributed by atoms with Gasteiger partial charge in [-0.1, -0.05) is 0 Å². The first-order valence-corrected chi connectivity index (χ1v) is 4.49. The van der Waals surface area contributed by atoms with Gasteiger partial charge in [0, 0.05) is 4.90 Å². The first kappa shape index (κ1) is 8.43. The predicted molar refractivity (Wildman–Crippen MR) is 45.2 cm³/mol. The molecule has 1 aromatic carbocycles. The molecule has 0 spiro atoms. The van der Waals surface area contributed by atoms with Crippen LogP contribution in [0.2, 0.25) is 0 Å². The molecular formula is C7H5ClO2S. The van der Waals surface area contributed by atoms with E-state index in [0.717, 1.165) is 15.9 Å². The number of aldehydes is 1. The minimum atomic E-state index is -0.0190. The van der Waals surface area contributed by atoms with Crippen LogP contribution in [0.5, 0.6) is 5.75 Å². The fraction of sp³-hybridized carbons (Fsp3) is 0. The molecule has 0 aliphatic rings. The van der Waals surface area contributed by atoms with Crippen LogP contribution in [0.4, 0.5) is 0 Å². The zero-order valence-corrected chi connectivity index (χ0v) is 7.02. The molecule has 58 valence electrons. The normalized spacial score (nSPS) is 9.55. The largest absolute Gasteiger partial charge is 0.507 e. The second-order valence-electron chi connectivity index (χ2n) is 1.92. The van der Waals surface area contributed by atoms with E-state index in [1.165, 1.54) is 12.1 Å². The zero-order valence-electron chi connectivity index (χ0n) is 5.45. The number of phenolic OH excluding ortho intramolecular Hbond substituents is 1. The molecule has 4 heteroatoms. The molecule has 2 nitrogen and oxygen atoms in total. The van der Waals surface area contributed by atoms with Crippen molar-refractivity contribution >= 4 is 27.9 Å². The number of phenols is 1. The average Bonchev–Trinajstić information content (AvgIpc) is 2.05. The third-order valence-corrected chi connectivity index (χ3v) is 2.18. The molecule has 1 N–H and O–H groups in total. The molecule has 0 atom stereocenters. The second kappa shape index (κ2) is 3.64. The summed E-state index contributed by atoms with van der Waals surface area (Å²) in [6.07, 6.45) is 0.589. The van der Waals surface area contributed by atoms with Crippen LogP contribution in [0.15, 0.2) is 23.1 Å². The Morgan fingerprint density at radius 1 is 1.55 bits per heavy atom. The molecule has 0 bridgehead atoms. The van der Waals surface area contributed by atoms with E-state index in [1.54, 1.807) is 6.07 Å². The van der Waals surface area contributed by atoms with Gasteiger partial charge in [-0.2, -0.15) is 0 Å². The Kier molecular flexibility index (Phi) is 2.79. The van der Waals surface area contributed by atoms with Crippen LogP contribution in [-0.2, 0) is 0 Å². The van der Waals surface area contributed by atoms with Crippen molar-refractivity contribution < 1.29 is 9.90 Å². The SMILES string of the molecule is O=Cc1cc(SCl)ccc1O. The van der Waals surface area contributed by atoms with E-state index < -0.39 is 0 Å². The molecule has 0 aromatic heterocycles. The van der Waals surface area contributed by atoms with Crippen molar-refractivity contribution in [1.82, 2.24) is 0 Å². The lowest BCUT2D eigenvalue weighted by atomic mass is 10.2. The van der Waals surface area contributed by atoms with Gasteiger partial charge in [-0.3, -0.25) is 4.79 Å². The van der Waals surface area contributed by atoms with Crippen molar-refractivity contribution in [1.29, 1.82) is 0 Å². The second-order valence-corrected chi connectivity index (χ2v) is 3.00. The van der Waals surface area contributed by atoms with Crippen molar-refractivity contribution in [3.63, 3.8) is 0 Å². The first-order chi connectivity index (χ1) is 5.27. The number of halogens is 1. The lowest BCUT2D eigenvalue weighted by Crippen LogP contribution is -1.80. The fourth-order valence-corrected chi connectivity index (χ4v) is 1.25. The molecule has 0 fully saturated rings. The van der Waals surface area contributed by atoms with Gasteiger partial charge < -0.3 is 5.11 Å². The average molecular weight is 189 g/mol. The molecule has 0 saturated carbocycles. The van der Waals surface area contributed by atoms with Crippen LogP contribution in [0.1, 0.15) is 10.4 Å². The number of hydrogen-bond acceptors (Lipinski definition) is 3. The molecule has 0 aliphatic heterocycles. The van der Waals surface area contributed by atoms with Crippen LogP contribution in [-0.4, -0.2) is 11.4 Å². The number of rotatable bonds is 2. The minimum Gasteiger partial charge on any atom is -0.507 e. The van der Waals surface area contributed by atoms with E-state index in [1.807, 2.05) is 0 Å². The van der Waals surface area contributed by atoms with E-state index in [2.05, 4.69) is 0 Å². The highest BCUT2D eigenvalue weighted by Gasteiger charge is 2.00. The van der Waals surface area contributed by atoms with E-state index in [0.29, 0.717) is 6.29 Å². The van der Waals surface area contributed by atoms with Crippen LogP contribution in [0.3, 0.4) is 0 Å². The Bertz CT molecular complexity index is 275. The van der Waals surface area contributed by atoms with E-state index in [4.69, 9.17) is 15.8 Å². The Labute approximate surface area is 72.7 Å². The summed E-state index contributed by atoms with van der Waals surface area (Å²) in [7, 11) is 6.44. The van der Waals surface area contributed by atoms with Crippen LogP contribution >= 0.6 is 21.7 Å². The highest BCUT2D eigenvalue weighted by Crippen LogP contribution is 2.26. The van der Waals surface area contributed by atoms with Crippen LogP contribution < -0.4 is 0 Å². The molecule has 0 radical (unpaired) electrons. The maximum atomic E-state index is 10.3. The van der Waals surface area contributed by atoms with Gasteiger partial charge in [-0.25, -0.2) is 0 Å². The lowest BCUT2D eigenvalue weighted by molar-refractivity contribution is 0.112. The van der Waals surface area contributed by atoms with Gasteiger partial charge in [-0.05, 0) is 39.9 Å². The van der Waals surface area contributed by atoms with Crippen molar-refractivity contribution in [2.75, 3.05) is 0 Å². The fourth-order valence-electron chi connectivity index (χ4n) is 0.675. The van der Waals surface area contributed by atoms with E-state index in [9.17, 15) is 4.79 Å². The zero-order chi connectivity index (χ0) is 8.27.